The van der Waals surface area contributed by atoms with E-state index in [9.17, 15) is 13.5 Å². The van der Waals surface area contributed by atoms with Gasteiger partial charge in [0.05, 0.1) is 5.41 Å². The average molecular weight is 372 g/mol. The molecule has 0 aliphatic carbocycles. The van der Waals surface area contributed by atoms with Crippen LogP contribution >= 0.6 is 11.6 Å². The van der Waals surface area contributed by atoms with Gasteiger partial charge in [-0.25, -0.2) is 0 Å². The van der Waals surface area contributed by atoms with E-state index in [0.717, 1.165) is 11.0 Å². The molecule has 2 aromatic carbocycles. The van der Waals surface area contributed by atoms with Crippen molar-refractivity contribution in [1.29, 1.82) is 0 Å². The molecule has 0 bridgehead atoms. The molecule has 0 atom stereocenters. The summed E-state index contributed by atoms with van der Waals surface area (Å²) in [6.07, 6.45) is 1.32. The standard InChI is InChI=1S/C17H16ClNO3S.Na/c1-12-7-8-15(13(2)11-12)17(20)19-23(21,22)10-9-14-5-3-4-6-16(14)18;/h3-11H,1-2H3,(H,19,20);/q;+1/p-1/b10-9+;. The van der Waals surface area contributed by atoms with Gasteiger partial charge in [-0.2, -0.15) is 12.8 Å². The van der Waals surface area contributed by atoms with Crippen molar-refractivity contribution in [1.82, 2.24) is 0 Å². The molecule has 2 rings (SSSR count). The summed E-state index contributed by atoms with van der Waals surface area (Å²) >= 11 is 5.95. The predicted molar refractivity (Wildman–Crippen MR) is 91.9 cm³/mol. The predicted octanol–water partition coefficient (Wildman–Crippen LogP) is 0.0684. The van der Waals surface area contributed by atoms with E-state index in [-0.39, 0.29) is 35.1 Å². The second-order valence-corrected chi connectivity index (χ2v) is 6.95. The van der Waals surface area contributed by atoms with Crippen LogP contribution in [0.1, 0.15) is 22.3 Å². The van der Waals surface area contributed by atoms with Gasteiger partial charge in [-0.1, -0.05) is 53.6 Å². The Morgan fingerprint density at radius 3 is 2.46 bits per heavy atom. The number of aryl methyl sites for hydroxylation is 2. The molecule has 24 heavy (non-hydrogen) atoms. The molecule has 0 heterocycles. The van der Waals surface area contributed by atoms with Gasteiger partial charge in [0.2, 0.25) is 0 Å². The van der Waals surface area contributed by atoms with Crippen LogP contribution in [-0.4, -0.2) is 14.3 Å². The molecule has 0 saturated heterocycles. The third-order valence-corrected chi connectivity index (χ3v) is 4.39. The average Bonchev–Trinajstić information content (AvgIpc) is 2.45. The van der Waals surface area contributed by atoms with Gasteiger partial charge in [0.15, 0.2) is 0 Å². The zero-order valence-electron chi connectivity index (χ0n) is 13.7. The Kier molecular flexibility index (Phi) is 7.70. The van der Waals surface area contributed by atoms with Gasteiger partial charge in [0.25, 0.3) is 10.0 Å². The SMILES string of the molecule is Cc1ccc(/C([O-])=N/S(=O)(=O)/C=C/c2ccccc2Cl)c(C)c1.[Na+]. The van der Waals surface area contributed by atoms with E-state index in [2.05, 4.69) is 4.40 Å². The van der Waals surface area contributed by atoms with E-state index in [1.54, 1.807) is 49.4 Å². The van der Waals surface area contributed by atoms with Crippen LogP contribution < -0.4 is 34.7 Å². The molecule has 0 amide bonds. The quantitative estimate of drug-likeness (QED) is 0.434. The van der Waals surface area contributed by atoms with Gasteiger partial charge in [0, 0.05) is 10.9 Å². The number of halogens is 1. The van der Waals surface area contributed by atoms with Crippen LogP contribution in [0.4, 0.5) is 0 Å². The van der Waals surface area contributed by atoms with E-state index >= 15 is 0 Å². The second kappa shape index (κ2) is 8.83. The topological polar surface area (TPSA) is 69.6 Å². The normalized spacial score (nSPS) is 12.2. The first-order valence-corrected chi connectivity index (χ1v) is 8.69. The molecule has 2 aromatic rings. The number of hydrogen-bond donors (Lipinski definition) is 0. The summed E-state index contributed by atoms with van der Waals surface area (Å²) in [5.41, 5.74) is 2.47. The number of rotatable bonds is 4. The Morgan fingerprint density at radius 1 is 1.17 bits per heavy atom. The maximum atomic E-state index is 12.1. The maximum absolute atomic E-state index is 12.1. The summed E-state index contributed by atoms with van der Waals surface area (Å²) in [6, 6.07) is 11.9. The fourth-order valence-electron chi connectivity index (χ4n) is 2.02. The molecular formula is C17H15ClNNaO3S. The van der Waals surface area contributed by atoms with Crippen molar-refractivity contribution in [2.45, 2.75) is 13.8 Å². The molecule has 4 nitrogen and oxygen atoms in total. The minimum Gasteiger partial charge on any atom is -0.858 e. The monoisotopic (exact) mass is 371 g/mol. The summed E-state index contributed by atoms with van der Waals surface area (Å²) in [5, 5.41) is 13.4. The Labute approximate surface area is 169 Å². The fourth-order valence-corrected chi connectivity index (χ4v) is 2.93. The van der Waals surface area contributed by atoms with Crippen molar-refractivity contribution in [3.63, 3.8) is 0 Å². The van der Waals surface area contributed by atoms with Gasteiger partial charge >= 0.3 is 29.6 Å². The first-order chi connectivity index (χ1) is 10.8. The third kappa shape index (κ3) is 5.76. The van der Waals surface area contributed by atoms with E-state index in [4.69, 9.17) is 11.6 Å². The minimum absolute atomic E-state index is 0. The minimum atomic E-state index is -4.03. The molecule has 7 heteroatoms. The van der Waals surface area contributed by atoms with Crippen LogP contribution in [0.15, 0.2) is 52.3 Å². The molecule has 0 aliphatic rings. The van der Waals surface area contributed by atoms with Crippen LogP contribution in [0.5, 0.6) is 0 Å². The van der Waals surface area contributed by atoms with Crippen molar-refractivity contribution < 1.29 is 43.1 Å². The van der Waals surface area contributed by atoms with Gasteiger partial charge in [0.1, 0.15) is 0 Å². The smallest absolute Gasteiger partial charge is 0.858 e. The van der Waals surface area contributed by atoms with E-state index in [1.165, 1.54) is 6.08 Å². The maximum Gasteiger partial charge on any atom is 1.00 e. The number of sulfonamides is 1. The van der Waals surface area contributed by atoms with Gasteiger partial charge in [-0.05, 0) is 42.7 Å². The van der Waals surface area contributed by atoms with Crippen LogP contribution in [0.25, 0.3) is 6.08 Å². The van der Waals surface area contributed by atoms with E-state index < -0.39 is 15.9 Å². The van der Waals surface area contributed by atoms with Crippen LogP contribution in [-0.2, 0) is 10.0 Å². The largest absolute Gasteiger partial charge is 1.00 e. The van der Waals surface area contributed by atoms with Gasteiger partial charge < -0.3 is 5.11 Å². The van der Waals surface area contributed by atoms with E-state index in [0.29, 0.717) is 16.1 Å². The molecule has 0 aliphatic heterocycles. The summed E-state index contributed by atoms with van der Waals surface area (Å²) in [6.45, 7) is 3.63. The molecule has 120 valence electrons. The fraction of sp³-hybridized carbons (Fsp3) is 0.118. The van der Waals surface area contributed by atoms with E-state index in [1.807, 2.05) is 6.92 Å². The van der Waals surface area contributed by atoms with Crippen molar-refractivity contribution >= 4 is 33.6 Å². The van der Waals surface area contributed by atoms with Crippen molar-refractivity contribution in [2.24, 2.45) is 4.40 Å². The van der Waals surface area contributed by atoms with Gasteiger partial charge in [-0.15, -0.1) is 0 Å². The van der Waals surface area contributed by atoms with Crippen molar-refractivity contribution in [2.75, 3.05) is 0 Å². The van der Waals surface area contributed by atoms with Crippen LogP contribution in [0, 0.1) is 13.8 Å². The third-order valence-electron chi connectivity index (χ3n) is 3.15. The Balaban J connectivity index is 0.00000288. The first-order valence-electron chi connectivity index (χ1n) is 6.81. The Morgan fingerprint density at radius 2 is 1.83 bits per heavy atom. The second-order valence-electron chi connectivity index (χ2n) is 5.05. The molecule has 0 saturated carbocycles. The number of hydrogen-bond acceptors (Lipinski definition) is 3. The molecule has 0 fully saturated rings. The zero-order valence-corrected chi connectivity index (χ0v) is 17.2. The summed E-state index contributed by atoms with van der Waals surface area (Å²) in [5.74, 6) is -0.786. The molecular weight excluding hydrogens is 357 g/mol. The first kappa shape index (κ1) is 20.9. The van der Waals surface area contributed by atoms with Crippen molar-refractivity contribution in [3.05, 3.63) is 75.1 Å². The number of benzene rings is 2. The zero-order chi connectivity index (χ0) is 17.0. The Hall–Kier alpha value is -1.11. The van der Waals surface area contributed by atoms with Crippen LogP contribution in [0.3, 0.4) is 0 Å². The number of nitrogens with zero attached hydrogens (tertiary/aromatic N) is 1. The molecule has 0 unspecified atom stereocenters. The Bertz CT molecular complexity index is 892. The van der Waals surface area contributed by atoms with Crippen LogP contribution in [0.2, 0.25) is 5.02 Å². The van der Waals surface area contributed by atoms with Crippen molar-refractivity contribution in [3.8, 4) is 0 Å². The van der Waals surface area contributed by atoms with Gasteiger partial charge in [-0.3, -0.25) is 0 Å². The molecule has 0 spiro atoms. The summed E-state index contributed by atoms with van der Waals surface area (Å²) < 4.78 is 27.2. The molecule has 0 aromatic heterocycles. The summed E-state index contributed by atoms with van der Waals surface area (Å²) in [7, 11) is -4.03. The summed E-state index contributed by atoms with van der Waals surface area (Å²) in [4.78, 5) is 0. The molecule has 0 N–H and O–H groups in total. The molecule has 0 radical (unpaired) electrons.